The number of nitrogens with zero attached hydrogens (tertiary/aromatic N) is 4. The van der Waals surface area contributed by atoms with Crippen molar-refractivity contribution in [3.63, 3.8) is 0 Å². The van der Waals surface area contributed by atoms with Crippen LogP contribution in [0.5, 0.6) is 0 Å². The molecule has 0 atom stereocenters. The normalized spacial score (nSPS) is 11.9. The molecule has 2 heterocycles. The Hall–Kier alpha value is -3.39. The van der Waals surface area contributed by atoms with Crippen molar-refractivity contribution >= 4 is 28.1 Å². The summed E-state index contributed by atoms with van der Waals surface area (Å²) in [6.07, 6.45) is 1.95. The Labute approximate surface area is 181 Å². The van der Waals surface area contributed by atoms with E-state index >= 15 is 0 Å². The summed E-state index contributed by atoms with van der Waals surface area (Å²) in [5.41, 5.74) is 2.07. The van der Waals surface area contributed by atoms with E-state index in [2.05, 4.69) is 28.8 Å². The molecule has 4 rings (SSSR count). The second-order valence-corrected chi connectivity index (χ2v) is 8.05. The van der Waals surface area contributed by atoms with E-state index in [1.54, 1.807) is 18.2 Å². The molecule has 0 N–H and O–H groups in total. The van der Waals surface area contributed by atoms with E-state index in [9.17, 15) is 14.0 Å². The van der Waals surface area contributed by atoms with E-state index in [-0.39, 0.29) is 28.5 Å². The average molecular weight is 437 g/mol. The van der Waals surface area contributed by atoms with Crippen LogP contribution in [0, 0.1) is 5.82 Å². The van der Waals surface area contributed by atoms with Gasteiger partial charge in [0.05, 0.1) is 4.53 Å². The first-order valence-corrected chi connectivity index (χ1v) is 10.8. The molecule has 0 bridgehead atoms. The molecule has 6 nitrogen and oxygen atoms in total. The fourth-order valence-corrected chi connectivity index (χ4v) is 4.27. The lowest BCUT2D eigenvalue weighted by Crippen LogP contribution is -2.28. The van der Waals surface area contributed by atoms with Crippen LogP contribution in [-0.2, 0) is 6.42 Å². The van der Waals surface area contributed by atoms with E-state index in [1.165, 1.54) is 16.6 Å². The lowest BCUT2D eigenvalue weighted by Gasteiger charge is -2.20. The molecule has 31 heavy (non-hydrogen) atoms. The summed E-state index contributed by atoms with van der Waals surface area (Å²) in [6, 6.07) is 13.8. The number of halogens is 1. The van der Waals surface area contributed by atoms with Crippen molar-refractivity contribution in [1.82, 2.24) is 14.6 Å². The van der Waals surface area contributed by atoms with Crippen molar-refractivity contribution in [3.8, 4) is 0 Å². The van der Waals surface area contributed by atoms with Gasteiger partial charge in [-0.15, -0.1) is 0 Å². The molecule has 4 aromatic rings. The molecule has 8 heteroatoms. The monoisotopic (exact) mass is 436 g/mol. The van der Waals surface area contributed by atoms with E-state index in [0.29, 0.717) is 4.53 Å². The van der Waals surface area contributed by atoms with Crippen LogP contribution in [0.4, 0.5) is 10.1 Å². The summed E-state index contributed by atoms with van der Waals surface area (Å²) in [7, 11) is 0. The lowest BCUT2D eigenvalue weighted by atomic mass is 10.1. The topological polar surface area (TPSA) is 67.6 Å². The van der Waals surface area contributed by atoms with Gasteiger partial charge in [-0.25, -0.2) is 4.39 Å². The fourth-order valence-electron chi connectivity index (χ4n) is 3.37. The van der Waals surface area contributed by atoms with Crippen LogP contribution in [0.15, 0.2) is 58.1 Å². The van der Waals surface area contributed by atoms with Gasteiger partial charge in [0.1, 0.15) is 11.5 Å². The van der Waals surface area contributed by atoms with Crippen LogP contribution >= 0.6 is 11.3 Å². The highest BCUT2D eigenvalue weighted by Gasteiger charge is 2.12. The minimum absolute atomic E-state index is 0.147. The predicted molar refractivity (Wildman–Crippen MR) is 121 cm³/mol. The average Bonchev–Trinajstić information content (AvgIpc) is 3.06. The highest BCUT2D eigenvalue weighted by Crippen LogP contribution is 2.15. The third kappa shape index (κ3) is 4.39. The smallest absolute Gasteiger partial charge is 0.296 e. The van der Waals surface area contributed by atoms with Crippen molar-refractivity contribution in [2.45, 2.75) is 20.3 Å². The lowest BCUT2D eigenvalue weighted by molar-refractivity contribution is 0.627. The second-order valence-electron chi connectivity index (χ2n) is 7.04. The maximum Gasteiger partial charge on any atom is 0.296 e. The number of aromatic nitrogens is 3. The van der Waals surface area contributed by atoms with Crippen LogP contribution in [0.2, 0.25) is 0 Å². The maximum absolute atomic E-state index is 13.1. The Balaban J connectivity index is 1.70. The van der Waals surface area contributed by atoms with Gasteiger partial charge < -0.3 is 4.90 Å². The van der Waals surface area contributed by atoms with Crippen molar-refractivity contribution in [3.05, 3.63) is 96.4 Å². The summed E-state index contributed by atoms with van der Waals surface area (Å²) >= 11 is 1.13. The second kappa shape index (κ2) is 8.77. The predicted octanol–water partition coefficient (Wildman–Crippen LogP) is 2.64. The van der Waals surface area contributed by atoms with Crippen LogP contribution < -0.4 is 20.6 Å². The van der Waals surface area contributed by atoms with Crippen molar-refractivity contribution in [2.24, 2.45) is 0 Å². The molecule has 0 aliphatic rings. The summed E-state index contributed by atoms with van der Waals surface area (Å²) in [5, 5.41) is 4.23. The first-order valence-electron chi connectivity index (χ1n) is 10.0. The fraction of sp³-hybridized carbons (Fsp3) is 0.217. The van der Waals surface area contributed by atoms with Crippen LogP contribution in [-0.4, -0.2) is 27.7 Å². The van der Waals surface area contributed by atoms with Gasteiger partial charge in [0.15, 0.2) is 0 Å². The van der Waals surface area contributed by atoms with Gasteiger partial charge in [0.2, 0.25) is 4.96 Å². The Morgan fingerprint density at radius 3 is 2.35 bits per heavy atom. The van der Waals surface area contributed by atoms with Gasteiger partial charge in [-0.2, -0.15) is 14.6 Å². The SMILES string of the molecule is CCN(CC)c1ccc(C=c2sc3nc(=O)c(Cc4ccc(F)cc4)nn3c2=O)cc1. The third-order valence-corrected chi connectivity index (χ3v) is 6.01. The van der Waals surface area contributed by atoms with E-state index in [4.69, 9.17) is 0 Å². The highest BCUT2D eigenvalue weighted by molar-refractivity contribution is 7.15. The Morgan fingerprint density at radius 1 is 1.03 bits per heavy atom. The number of fused-ring (bicyclic) bond motifs is 1. The quantitative estimate of drug-likeness (QED) is 0.465. The molecule has 0 aliphatic heterocycles. The zero-order chi connectivity index (χ0) is 22.0. The molecular weight excluding hydrogens is 415 g/mol. The molecule has 2 aromatic carbocycles. The number of thiazole rings is 1. The van der Waals surface area contributed by atoms with Gasteiger partial charge in [-0.3, -0.25) is 9.59 Å². The van der Waals surface area contributed by atoms with Crippen molar-refractivity contribution in [1.29, 1.82) is 0 Å². The summed E-state index contributed by atoms with van der Waals surface area (Å²) in [4.78, 5) is 31.7. The van der Waals surface area contributed by atoms with Crippen LogP contribution in [0.25, 0.3) is 11.0 Å². The van der Waals surface area contributed by atoms with E-state index < -0.39 is 5.56 Å². The number of anilines is 1. The zero-order valence-corrected chi connectivity index (χ0v) is 18.0. The minimum atomic E-state index is -0.485. The molecule has 2 aromatic heterocycles. The molecule has 0 amide bonds. The molecule has 158 valence electrons. The number of rotatable bonds is 6. The highest BCUT2D eigenvalue weighted by atomic mass is 32.1. The first-order chi connectivity index (χ1) is 15.0. The molecule has 0 aliphatic carbocycles. The van der Waals surface area contributed by atoms with Crippen LogP contribution in [0.3, 0.4) is 0 Å². The minimum Gasteiger partial charge on any atom is -0.372 e. The molecule has 0 saturated carbocycles. The molecule has 0 saturated heterocycles. The van der Waals surface area contributed by atoms with Gasteiger partial charge in [0, 0.05) is 25.2 Å². The number of hydrogen-bond acceptors (Lipinski definition) is 6. The number of hydrogen-bond donors (Lipinski definition) is 0. The molecular formula is C23H21FN4O2S. The van der Waals surface area contributed by atoms with Gasteiger partial charge in [-0.05, 0) is 55.3 Å². The molecule has 0 spiro atoms. The zero-order valence-electron chi connectivity index (χ0n) is 17.2. The van der Waals surface area contributed by atoms with E-state index in [0.717, 1.165) is 41.2 Å². The molecule has 0 radical (unpaired) electrons. The largest absolute Gasteiger partial charge is 0.372 e. The molecule has 0 unspecified atom stereocenters. The van der Waals surface area contributed by atoms with E-state index in [1.807, 2.05) is 24.3 Å². The summed E-state index contributed by atoms with van der Waals surface area (Å²) < 4.78 is 14.7. The summed E-state index contributed by atoms with van der Waals surface area (Å²) in [5.74, 6) is -0.355. The van der Waals surface area contributed by atoms with Crippen molar-refractivity contribution < 1.29 is 4.39 Å². The Kier molecular flexibility index (Phi) is 5.90. The molecule has 0 fully saturated rings. The van der Waals surface area contributed by atoms with Gasteiger partial charge in [0.25, 0.3) is 11.1 Å². The maximum atomic E-state index is 13.1. The Morgan fingerprint density at radius 2 is 1.71 bits per heavy atom. The third-order valence-electron chi connectivity index (χ3n) is 5.05. The van der Waals surface area contributed by atoms with Crippen LogP contribution in [0.1, 0.15) is 30.7 Å². The van der Waals surface area contributed by atoms with Gasteiger partial charge >= 0.3 is 0 Å². The summed E-state index contributed by atoms with van der Waals surface area (Å²) in [6.45, 7) is 6.06. The van der Waals surface area contributed by atoms with Gasteiger partial charge in [-0.1, -0.05) is 35.6 Å². The first kappa shape index (κ1) is 20.9. The van der Waals surface area contributed by atoms with Crippen molar-refractivity contribution in [2.75, 3.05) is 18.0 Å². The Bertz CT molecular complexity index is 1370. The standard InChI is InChI=1S/C23H21FN4O2S/c1-3-27(4-2)18-11-7-16(8-12-18)14-20-22(30)28-23(31-20)25-21(29)19(26-28)13-15-5-9-17(24)10-6-15/h5-12,14H,3-4,13H2,1-2H3. The number of benzene rings is 2.